The van der Waals surface area contributed by atoms with Crippen LogP contribution in [0.4, 0.5) is 0 Å². The summed E-state index contributed by atoms with van der Waals surface area (Å²) in [7, 11) is 3.91. The molecule has 2 aliphatic heterocycles. The van der Waals surface area contributed by atoms with E-state index in [9.17, 15) is 9.59 Å². The lowest BCUT2D eigenvalue weighted by Gasteiger charge is -2.44. The molecule has 4 aliphatic rings. The predicted octanol–water partition coefficient (Wildman–Crippen LogP) is 1.09. The summed E-state index contributed by atoms with van der Waals surface area (Å²) in [6.45, 7) is 3.73. The maximum Gasteiger partial charge on any atom is 0.227 e. The first-order valence-electron chi connectivity index (χ1n) is 9.20. The van der Waals surface area contributed by atoms with Gasteiger partial charge in [-0.25, -0.2) is 0 Å². The van der Waals surface area contributed by atoms with Crippen LogP contribution in [0.15, 0.2) is 0 Å². The lowest BCUT2D eigenvalue weighted by atomic mass is 9.65. The van der Waals surface area contributed by atoms with E-state index >= 15 is 0 Å². The van der Waals surface area contributed by atoms with Crippen molar-refractivity contribution in [3.63, 3.8) is 0 Å². The van der Waals surface area contributed by atoms with Gasteiger partial charge in [-0.1, -0.05) is 0 Å². The molecule has 2 saturated heterocycles. The van der Waals surface area contributed by atoms with E-state index in [1.54, 1.807) is 7.05 Å². The van der Waals surface area contributed by atoms with Crippen LogP contribution in [-0.2, 0) is 9.59 Å². The van der Waals surface area contributed by atoms with Crippen LogP contribution in [0.5, 0.6) is 0 Å². The fraction of sp³-hybridized carbons (Fsp3) is 0.889. The zero-order valence-electron chi connectivity index (χ0n) is 14.4. The number of nitrogens with one attached hydrogen (secondary N) is 1. The van der Waals surface area contributed by atoms with Gasteiger partial charge in [0.2, 0.25) is 11.8 Å². The van der Waals surface area contributed by atoms with E-state index in [1.807, 2.05) is 0 Å². The Hall–Kier alpha value is -1.10. The molecule has 2 heterocycles. The second-order valence-corrected chi connectivity index (χ2v) is 8.45. The zero-order chi connectivity index (χ0) is 16.2. The van der Waals surface area contributed by atoms with Crippen LogP contribution in [0.2, 0.25) is 0 Å². The Balaban J connectivity index is 1.52. The molecule has 1 spiro atoms. The van der Waals surface area contributed by atoms with Crippen LogP contribution in [0.1, 0.15) is 38.5 Å². The fourth-order valence-electron chi connectivity index (χ4n) is 5.77. The van der Waals surface area contributed by atoms with E-state index < -0.39 is 0 Å². The Morgan fingerprint density at radius 2 is 1.78 bits per heavy atom. The van der Waals surface area contributed by atoms with Crippen molar-refractivity contribution >= 4 is 11.8 Å². The van der Waals surface area contributed by atoms with Crippen molar-refractivity contribution < 1.29 is 9.59 Å². The molecule has 4 fully saturated rings. The fourth-order valence-corrected chi connectivity index (χ4v) is 5.77. The number of carbonyl (C=O) groups excluding carboxylic acids is 2. The molecule has 1 N–H and O–H groups in total. The number of nitrogens with zero attached hydrogens (tertiary/aromatic N) is 2. The molecule has 0 unspecified atom stereocenters. The van der Waals surface area contributed by atoms with Gasteiger partial charge in [-0.15, -0.1) is 0 Å². The van der Waals surface area contributed by atoms with E-state index in [4.69, 9.17) is 0 Å². The first-order valence-corrected chi connectivity index (χ1v) is 9.20. The van der Waals surface area contributed by atoms with E-state index in [0.29, 0.717) is 17.7 Å². The molecule has 2 saturated carbocycles. The molecule has 0 aromatic rings. The van der Waals surface area contributed by atoms with Gasteiger partial charge in [0.05, 0.1) is 5.41 Å². The topological polar surface area (TPSA) is 52.7 Å². The second-order valence-electron chi connectivity index (χ2n) is 8.45. The van der Waals surface area contributed by atoms with Crippen LogP contribution in [0.3, 0.4) is 0 Å². The minimum absolute atomic E-state index is 0.188. The van der Waals surface area contributed by atoms with Crippen molar-refractivity contribution in [2.75, 3.05) is 40.3 Å². The van der Waals surface area contributed by atoms with Gasteiger partial charge in [-0.3, -0.25) is 9.59 Å². The third-order valence-corrected chi connectivity index (χ3v) is 7.20. The molecule has 0 bridgehead atoms. The number of hydrogen-bond acceptors (Lipinski definition) is 3. The van der Waals surface area contributed by atoms with Gasteiger partial charge in [0.1, 0.15) is 0 Å². The van der Waals surface area contributed by atoms with Crippen molar-refractivity contribution in [3.8, 4) is 0 Å². The molecule has 5 nitrogen and oxygen atoms in total. The summed E-state index contributed by atoms with van der Waals surface area (Å²) in [6.07, 6.45) is 6.52. The third kappa shape index (κ3) is 2.23. The van der Waals surface area contributed by atoms with Gasteiger partial charge in [0.25, 0.3) is 0 Å². The Bertz CT molecular complexity index is 522. The monoisotopic (exact) mass is 319 g/mol. The maximum absolute atomic E-state index is 12.7. The Morgan fingerprint density at radius 1 is 1.09 bits per heavy atom. The molecule has 2 amide bonds. The van der Waals surface area contributed by atoms with Crippen molar-refractivity contribution in [3.05, 3.63) is 0 Å². The van der Waals surface area contributed by atoms with Crippen molar-refractivity contribution in [1.29, 1.82) is 0 Å². The summed E-state index contributed by atoms with van der Waals surface area (Å²) < 4.78 is 0. The van der Waals surface area contributed by atoms with Crippen LogP contribution in [-0.4, -0.2) is 61.9 Å². The number of fused-ring (bicyclic) bond motifs is 2. The van der Waals surface area contributed by atoms with Gasteiger partial charge >= 0.3 is 0 Å². The van der Waals surface area contributed by atoms with Gasteiger partial charge in [-0.05, 0) is 56.9 Å². The average molecular weight is 319 g/mol. The van der Waals surface area contributed by atoms with Crippen LogP contribution < -0.4 is 5.32 Å². The number of rotatable bonds is 2. The first kappa shape index (κ1) is 15.4. The zero-order valence-corrected chi connectivity index (χ0v) is 14.4. The summed E-state index contributed by atoms with van der Waals surface area (Å²) in [6, 6.07) is 0. The van der Waals surface area contributed by atoms with Crippen molar-refractivity contribution in [1.82, 2.24) is 15.1 Å². The quantitative estimate of drug-likeness (QED) is 0.829. The maximum atomic E-state index is 12.7. The molecule has 23 heavy (non-hydrogen) atoms. The summed E-state index contributed by atoms with van der Waals surface area (Å²) in [5, 5.41) is 2.93. The minimum Gasteiger partial charge on any atom is -0.359 e. The van der Waals surface area contributed by atoms with E-state index in [0.717, 1.165) is 64.7 Å². The summed E-state index contributed by atoms with van der Waals surface area (Å²) in [4.78, 5) is 29.4. The van der Waals surface area contributed by atoms with Crippen molar-refractivity contribution in [2.24, 2.45) is 22.7 Å². The standard InChI is InChI=1S/C18H29N3O2/c1-19-16(23)18-6-5-17(14(18)11-20(2)12-18)7-9-21(10-8-17)15(22)13-3-4-13/h13-14H,3-12H2,1-2H3,(H,19,23)/t14-,18+/m0/s1. The smallest absolute Gasteiger partial charge is 0.227 e. The molecule has 2 aliphatic carbocycles. The highest BCUT2D eigenvalue weighted by atomic mass is 16.2. The van der Waals surface area contributed by atoms with Crippen LogP contribution in [0, 0.1) is 22.7 Å². The van der Waals surface area contributed by atoms with Gasteiger partial charge < -0.3 is 15.1 Å². The number of piperidine rings is 1. The number of likely N-dealkylation sites (tertiary alicyclic amines) is 2. The number of amides is 2. The third-order valence-electron chi connectivity index (χ3n) is 7.20. The molecule has 5 heteroatoms. The van der Waals surface area contributed by atoms with Gasteiger partial charge in [0.15, 0.2) is 0 Å². The summed E-state index contributed by atoms with van der Waals surface area (Å²) in [5.74, 6) is 1.41. The van der Waals surface area contributed by atoms with Gasteiger partial charge in [-0.2, -0.15) is 0 Å². The Labute approximate surface area is 138 Å². The Kier molecular flexibility index (Phi) is 3.49. The first-order chi connectivity index (χ1) is 11.0. The largest absolute Gasteiger partial charge is 0.359 e. The molecular weight excluding hydrogens is 290 g/mol. The van der Waals surface area contributed by atoms with E-state index in [2.05, 4.69) is 22.2 Å². The van der Waals surface area contributed by atoms with E-state index in [-0.39, 0.29) is 16.7 Å². The highest BCUT2D eigenvalue weighted by molar-refractivity contribution is 5.84. The highest BCUT2D eigenvalue weighted by Crippen LogP contribution is 2.61. The van der Waals surface area contributed by atoms with Crippen LogP contribution in [0.25, 0.3) is 0 Å². The molecule has 128 valence electrons. The highest BCUT2D eigenvalue weighted by Gasteiger charge is 2.63. The molecule has 0 aromatic carbocycles. The number of hydrogen-bond donors (Lipinski definition) is 1. The van der Waals surface area contributed by atoms with Crippen molar-refractivity contribution in [2.45, 2.75) is 38.5 Å². The normalized spacial score (nSPS) is 36.3. The van der Waals surface area contributed by atoms with Crippen LogP contribution >= 0.6 is 0 Å². The SMILES string of the molecule is CNC(=O)[C@@]12CCC3(CCN(C(=O)C4CC4)CC3)[C@@H]1CN(C)C2. The van der Waals surface area contributed by atoms with Gasteiger partial charge in [0, 0.05) is 39.1 Å². The minimum atomic E-state index is -0.188. The predicted molar refractivity (Wildman–Crippen MR) is 87.7 cm³/mol. The molecular formula is C18H29N3O2. The molecule has 4 rings (SSSR count). The second kappa shape index (κ2) is 5.20. The molecule has 0 aromatic heterocycles. The average Bonchev–Trinajstić information content (AvgIpc) is 3.30. The molecule has 0 radical (unpaired) electrons. The number of carbonyl (C=O) groups is 2. The summed E-state index contributed by atoms with van der Waals surface area (Å²) in [5.41, 5.74) is 0.0871. The lowest BCUT2D eigenvalue weighted by Crippen LogP contribution is -2.49. The van der Waals surface area contributed by atoms with E-state index in [1.165, 1.54) is 0 Å². The molecule has 2 atom stereocenters. The lowest BCUT2D eigenvalue weighted by molar-refractivity contribution is -0.137. The summed E-state index contributed by atoms with van der Waals surface area (Å²) >= 11 is 0. The Morgan fingerprint density at radius 3 is 2.39 bits per heavy atom.